The van der Waals surface area contributed by atoms with Crippen molar-refractivity contribution >= 4 is 23.2 Å². The van der Waals surface area contributed by atoms with Gasteiger partial charge in [-0.15, -0.1) is 0 Å². The van der Waals surface area contributed by atoms with Crippen LogP contribution in [0.25, 0.3) is 0 Å². The molecule has 27 heavy (non-hydrogen) atoms. The van der Waals surface area contributed by atoms with E-state index in [4.69, 9.17) is 4.74 Å². The third kappa shape index (κ3) is 4.41. The van der Waals surface area contributed by atoms with Crippen molar-refractivity contribution in [2.45, 2.75) is 13.0 Å². The van der Waals surface area contributed by atoms with E-state index >= 15 is 0 Å². The summed E-state index contributed by atoms with van der Waals surface area (Å²) in [5, 5.41) is 13.5. The number of nitro benzene ring substituents is 1. The second-order valence-corrected chi connectivity index (χ2v) is 6.32. The molecule has 0 aromatic heterocycles. The number of carbonyl (C=O) groups is 2. The Kier molecular flexibility index (Phi) is 5.35. The van der Waals surface area contributed by atoms with Crippen LogP contribution in [0.2, 0.25) is 0 Å². The van der Waals surface area contributed by atoms with Crippen LogP contribution in [0.1, 0.15) is 12.0 Å². The third-order valence-corrected chi connectivity index (χ3v) is 4.44. The molecule has 0 bridgehead atoms. The zero-order chi connectivity index (χ0) is 19.4. The van der Waals surface area contributed by atoms with E-state index in [1.807, 2.05) is 24.3 Å². The van der Waals surface area contributed by atoms with Crippen LogP contribution in [0.15, 0.2) is 48.5 Å². The molecule has 1 heterocycles. The van der Waals surface area contributed by atoms with Crippen LogP contribution in [0.5, 0.6) is 5.75 Å². The molecular formula is C19H19N3O5. The highest BCUT2D eigenvalue weighted by Gasteiger charge is 2.34. The summed E-state index contributed by atoms with van der Waals surface area (Å²) < 4.78 is 5.11. The number of anilines is 1. The molecule has 8 heteroatoms. The summed E-state index contributed by atoms with van der Waals surface area (Å²) in [5.74, 6) is -0.165. The summed E-state index contributed by atoms with van der Waals surface area (Å²) in [6.45, 7) is 0.731. The van der Waals surface area contributed by atoms with Gasteiger partial charge in [-0.1, -0.05) is 18.2 Å². The Morgan fingerprint density at radius 3 is 2.70 bits per heavy atom. The maximum absolute atomic E-state index is 12.4. The fourth-order valence-corrected chi connectivity index (χ4v) is 2.99. The Hall–Kier alpha value is -3.42. The highest BCUT2D eigenvalue weighted by molar-refractivity contribution is 5.97. The molecule has 1 N–H and O–H groups in total. The van der Waals surface area contributed by atoms with E-state index in [1.165, 1.54) is 18.2 Å². The maximum Gasteiger partial charge on any atom is 0.271 e. The molecule has 1 aliphatic rings. The molecule has 0 unspecified atom stereocenters. The van der Waals surface area contributed by atoms with E-state index in [1.54, 1.807) is 18.1 Å². The monoisotopic (exact) mass is 369 g/mol. The number of likely N-dealkylation sites (tertiary alicyclic amines) is 1. The summed E-state index contributed by atoms with van der Waals surface area (Å²) in [6.07, 6.45) is 0.122. The molecule has 2 aromatic rings. The molecule has 140 valence electrons. The van der Waals surface area contributed by atoms with Crippen LogP contribution in [-0.4, -0.2) is 35.3 Å². The van der Waals surface area contributed by atoms with Crippen molar-refractivity contribution in [1.29, 1.82) is 0 Å². The summed E-state index contributed by atoms with van der Waals surface area (Å²) >= 11 is 0. The summed E-state index contributed by atoms with van der Waals surface area (Å²) in [5.41, 5.74) is 1.19. The molecule has 1 saturated heterocycles. The minimum Gasteiger partial charge on any atom is -0.497 e. The number of amides is 2. The minimum atomic E-state index is -0.522. The lowest BCUT2D eigenvalue weighted by Crippen LogP contribution is -2.28. The van der Waals surface area contributed by atoms with Gasteiger partial charge in [0.15, 0.2) is 0 Å². The van der Waals surface area contributed by atoms with Crippen molar-refractivity contribution in [1.82, 2.24) is 4.90 Å². The Bertz CT molecular complexity index is 866. The number of methoxy groups -OCH3 is 1. The van der Waals surface area contributed by atoms with E-state index in [0.29, 0.717) is 18.8 Å². The number of nitro groups is 1. The van der Waals surface area contributed by atoms with Crippen LogP contribution in [0.3, 0.4) is 0 Å². The highest BCUT2D eigenvalue weighted by Crippen LogP contribution is 2.24. The first-order valence-electron chi connectivity index (χ1n) is 8.42. The van der Waals surface area contributed by atoms with E-state index < -0.39 is 10.8 Å². The first kappa shape index (κ1) is 18.4. The first-order chi connectivity index (χ1) is 13.0. The van der Waals surface area contributed by atoms with E-state index in [2.05, 4.69) is 5.32 Å². The molecule has 1 aliphatic heterocycles. The summed E-state index contributed by atoms with van der Waals surface area (Å²) in [7, 11) is 1.59. The lowest BCUT2D eigenvalue weighted by atomic mass is 10.1. The average Bonchev–Trinajstić information content (AvgIpc) is 3.03. The number of hydrogen-bond acceptors (Lipinski definition) is 5. The largest absolute Gasteiger partial charge is 0.497 e. The molecule has 1 fully saturated rings. The van der Waals surface area contributed by atoms with Crippen molar-refractivity contribution in [3.05, 3.63) is 64.2 Å². The number of hydrogen-bond donors (Lipinski definition) is 1. The lowest BCUT2D eigenvalue weighted by Gasteiger charge is -2.17. The fourth-order valence-electron chi connectivity index (χ4n) is 2.99. The SMILES string of the molecule is COc1ccc(CN2C[C@@H](C(=O)Nc3cccc([N+](=O)[O-])c3)CC2=O)cc1. The molecule has 0 aliphatic carbocycles. The van der Waals surface area contributed by atoms with Crippen molar-refractivity contribution in [3.63, 3.8) is 0 Å². The molecule has 8 nitrogen and oxygen atoms in total. The number of carbonyl (C=O) groups excluding carboxylic acids is 2. The number of ether oxygens (including phenoxy) is 1. The normalized spacial score (nSPS) is 16.3. The number of nitrogens with one attached hydrogen (secondary N) is 1. The molecule has 0 radical (unpaired) electrons. The van der Waals surface area contributed by atoms with Crippen LogP contribution >= 0.6 is 0 Å². The van der Waals surface area contributed by atoms with Crippen LogP contribution in [0.4, 0.5) is 11.4 Å². The second-order valence-electron chi connectivity index (χ2n) is 6.32. The zero-order valence-electron chi connectivity index (χ0n) is 14.8. The number of non-ortho nitro benzene ring substituents is 1. The smallest absolute Gasteiger partial charge is 0.271 e. The standard InChI is InChI=1S/C19H19N3O5/c1-27-17-7-5-13(6-8-17)11-21-12-14(9-18(21)23)19(24)20-15-3-2-4-16(10-15)22(25)26/h2-8,10,14H,9,11-12H2,1H3,(H,20,24)/t14-/m0/s1. The van der Waals surface area contributed by atoms with Crippen molar-refractivity contribution in [3.8, 4) is 5.75 Å². The van der Waals surface area contributed by atoms with Gasteiger partial charge in [0.25, 0.3) is 5.69 Å². The molecule has 2 amide bonds. The highest BCUT2D eigenvalue weighted by atomic mass is 16.6. The van der Waals surface area contributed by atoms with Gasteiger partial charge in [0.1, 0.15) is 5.75 Å². The summed E-state index contributed by atoms with van der Waals surface area (Å²) in [6, 6.07) is 13.1. The van der Waals surface area contributed by atoms with Crippen LogP contribution in [-0.2, 0) is 16.1 Å². The Morgan fingerprint density at radius 2 is 2.04 bits per heavy atom. The van der Waals surface area contributed by atoms with Crippen molar-refractivity contribution in [2.24, 2.45) is 5.92 Å². The van der Waals surface area contributed by atoms with Gasteiger partial charge in [-0.2, -0.15) is 0 Å². The fraction of sp³-hybridized carbons (Fsp3) is 0.263. The summed E-state index contributed by atoms with van der Waals surface area (Å²) in [4.78, 5) is 36.6. The van der Waals surface area contributed by atoms with E-state index in [-0.39, 0.29) is 23.9 Å². The van der Waals surface area contributed by atoms with Gasteiger partial charge in [-0.05, 0) is 23.8 Å². The number of nitrogens with zero attached hydrogens (tertiary/aromatic N) is 2. The van der Waals surface area contributed by atoms with Gasteiger partial charge in [0.05, 0.1) is 18.0 Å². The predicted octanol–water partition coefficient (Wildman–Crippen LogP) is 2.59. The van der Waals surface area contributed by atoms with Gasteiger partial charge in [-0.3, -0.25) is 19.7 Å². The lowest BCUT2D eigenvalue weighted by molar-refractivity contribution is -0.384. The Morgan fingerprint density at radius 1 is 1.30 bits per heavy atom. The maximum atomic E-state index is 12.4. The average molecular weight is 369 g/mol. The second kappa shape index (κ2) is 7.86. The molecule has 0 spiro atoms. The third-order valence-electron chi connectivity index (χ3n) is 4.44. The van der Waals surface area contributed by atoms with Crippen molar-refractivity contribution in [2.75, 3.05) is 19.0 Å². The van der Waals surface area contributed by atoms with Gasteiger partial charge in [0.2, 0.25) is 11.8 Å². The van der Waals surface area contributed by atoms with Crippen LogP contribution in [0, 0.1) is 16.0 Å². The molecular weight excluding hydrogens is 350 g/mol. The van der Waals surface area contributed by atoms with E-state index in [9.17, 15) is 19.7 Å². The van der Waals surface area contributed by atoms with Crippen LogP contribution < -0.4 is 10.1 Å². The number of benzene rings is 2. The predicted molar refractivity (Wildman–Crippen MR) is 98.2 cm³/mol. The van der Waals surface area contributed by atoms with Gasteiger partial charge in [-0.25, -0.2) is 0 Å². The van der Waals surface area contributed by atoms with E-state index in [0.717, 1.165) is 11.3 Å². The van der Waals surface area contributed by atoms with Gasteiger partial charge < -0.3 is 15.0 Å². The molecule has 1 atom stereocenters. The van der Waals surface area contributed by atoms with Gasteiger partial charge in [0, 0.05) is 37.3 Å². The topological polar surface area (TPSA) is 102 Å². The first-order valence-corrected chi connectivity index (χ1v) is 8.42. The molecule has 3 rings (SSSR count). The molecule has 2 aromatic carbocycles. The Labute approximate surface area is 155 Å². The molecule has 0 saturated carbocycles. The Balaban J connectivity index is 1.61. The quantitative estimate of drug-likeness (QED) is 0.623. The zero-order valence-corrected chi connectivity index (χ0v) is 14.8. The number of rotatable bonds is 6. The minimum absolute atomic E-state index is 0.0926. The van der Waals surface area contributed by atoms with Gasteiger partial charge >= 0.3 is 0 Å². The van der Waals surface area contributed by atoms with Crippen molar-refractivity contribution < 1.29 is 19.2 Å².